The van der Waals surface area contributed by atoms with Crippen molar-refractivity contribution in [3.63, 3.8) is 0 Å². The molecule has 4 nitrogen and oxygen atoms in total. The Hall–Kier alpha value is -2.62. The number of carbonyl (C=O) groups is 1. The van der Waals surface area contributed by atoms with Gasteiger partial charge in [-0.2, -0.15) is 0 Å². The maximum atomic E-state index is 8.36. The quantitative estimate of drug-likeness (QED) is 0.793. The molecule has 0 radical (unpaired) electrons. The smallest absolute Gasteiger partial charge is 0.290 e. The Morgan fingerprint density at radius 1 is 1.22 bits per heavy atom. The summed E-state index contributed by atoms with van der Waals surface area (Å²) < 4.78 is 0. The van der Waals surface area contributed by atoms with Gasteiger partial charge in [0.15, 0.2) is 0 Å². The predicted molar refractivity (Wildman–Crippen MR) is 71.9 cm³/mol. The number of nitrogen functional groups attached to an aromatic ring is 1. The molecule has 1 aromatic heterocycles. The van der Waals surface area contributed by atoms with Gasteiger partial charge in [-0.3, -0.25) is 4.79 Å². The summed E-state index contributed by atoms with van der Waals surface area (Å²) in [5, 5.41) is 6.89. The molecule has 1 aromatic carbocycles. The molecule has 2 aromatic rings. The summed E-state index contributed by atoms with van der Waals surface area (Å²) >= 11 is 0. The van der Waals surface area contributed by atoms with Gasteiger partial charge in [-0.1, -0.05) is 36.9 Å². The standard InChI is InChI=1S/C13H12N2.CH2O2/c1-10(11-6-3-2-4-7-11)12-8-5-9-15-13(12)14;2-1-3/h2-9H,1H2,(H2,14,15);1H,(H,2,3). The molecule has 0 fully saturated rings. The lowest BCUT2D eigenvalue weighted by atomic mass is 10.0. The van der Waals surface area contributed by atoms with Crippen LogP contribution in [0, 0.1) is 0 Å². The zero-order valence-electron chi connectivity index (χ0n) is 9.78. The lowest BCUT2D eigenvalue weighted by molar-refractivity contribution is -0.122. The first kappa shape index (κ1) is 13.4. The second-order valence-corrected chi connectivity index (χ2v) is 3.39. The number of benzene rings is 1. The average Bonchev–Trinajstić information content (AvgIpc) is 2.40. The van der Waals surface area contributed by atoms with Gasteiger partial charge in [-0.15, -0.1) is 0 Å². The number of nitrogens with two attached hydrogens (primary N) is 1. The van der Waals surface area contributed by atoms with Gasteiger partial charge in [0.1, 0.15) is 5.82 Å². The molecule has 2 rings (SSSR count). The molecular weight excluding hydrogens is 228 g/mol. The summed E-state index contributed by atoms with van der Waals surface area (Å²) in [5.41, 5.74) is 8.65. The van der Waals surface area contributed by atoms with Crippen LogP contribution in [0.25, 0.3) is 5.57 Å². The molecule has 18 heavy (non-hydrogen) atoms. The van der Waals surface area contributed by atoms with Crippen LogP contribution in [-0.4, -0.2) is 16.6 Å². The van der Waals surface area contributed by atoms with Crippen LogP contribution in [0.5, 0.6) is 0 Å². The third-order valence-corrected chi connectivity index (χ3v) is 2.29. The Morgan fingerprint density at radius 2 is 1.83 bits per heavy atom. The van der Waals surface area contributed by atoms with Gasteiger partial charge in [0.2, 0.25) is 0 Å². The molecule has 92 valence electrons. The molecule has 0 saturated carbocycles. The van der Waals surface area contributed by atoms with E-state index >= 15 is 0 Å². The van der Waals surface area contributed by atoms with Crippen molar-refractivity contribution >= 4 is 17.9 Å². The summed E-state index contributed by atoms with van der Waals surface area (Å²) in [6, 6.07) is 13.7. The van der Waals surface area contributed by atoms with Crippen molar-refractivity contribution < 1.29 is 9.90 Å². The van der Waals surface area contributed by atoms with E-state index in [1.165, 1.54) is 0 Å². The van der Waals surface area contributed by atoms with Crippen LogP contribution in [0.2, 0.25) is 0 Å². The number of aromatic nitrogens is 1. The second kappa shape index (κ2) is 6.85. The van der Waals surface area contributed by atoms with E-state index in [1.807, 2.05) is 42.5 Å². The fraction of sp³-hybridized carbons (Fsp3) is 0. The SMILES string of the molecule is C=C(c1ccccc1)c1cccnc1N.O=CO. The van der Waals surface area contributed by atoms with Crippen molar-refractivity contribution in [2.24, 2.45) is 0 Å². The molecule has 0 atom stereocenters. The first-order valence-electron chi connectivity index (χ1n) is 5.23. The van der Waals surface area contributed by atoms with E-state index in [0.29, 0.717) is 5.82 Å². The third kappa shape index (κ3) is 3.45. The molecular formula is C14H14N2O2. The summed E-state index contributed by atoms with van der Waals surface area (Å²) in [6.45, 7) is 3.79. The molecule has 4 heteroatoms. The number of anilines is 1. The summed E-state index contributed by atoms with van der Waals surface area (Å²) in [5.74, 6) is 0.520. The van der Waals surface area contributed by atoms with Crippen molar-refractivity contribution in [1.82, 2.24) is 4.98 Å². The van der Waals surface area contributed by atoms with Crippen LogP contribution >= 0.6 is 0 Å². The van der Waals surface area contributed by atoms with Crippen molar-refractivity contribution in [3.8, 4) is 0 Å². The van der Waals surface area contributed by atoms with Gasteiger partial charge in [-0.25, -0.2) is 4.98 Å². The number of rotatable bonds is 2. The van der Waals surface area contributed by atoms with Crippen LogP contribution in [0.15, 0.2) is 55.2 Å². The fourth-order valence-corrected chi connectivity index (χ4v) is 1.47. The number of hydrogen-bond donors (Lipinski definition) is 2. The number of carboxylic acid groups (broad SMARTS) is 1. The van der Waals surface area contributed by atoms with Gasteiger partial charge >= 0.3 is 0 Å². The largest absolute Gasteiger partial charge is 0.483 e. The molecule has 0 aliphatic rings. The van der Waals surface area contributed by atoms with E-state index in [4.69, 9.17) is 15.6 Å². The Kier molecular flexibility index (Phi) is 5.12. The summed E-state index contributed by atoms with van der Waals surface area (Å²) in [7, 11) is 0. The topological polar surface area (TPSA) is 76.2 Å². The number of pyridine rings is 1. The minimum Gasteiger partial charge on any atom is -0.483 e. The third-order valence-electron chi connectivity index (χ3n) is 2.29. The van der Waals surface area contributed by atoms with E-state index in [-0.39, 0.29) is 6.47 Å². The molecule has 3 N–H and O–H groups in total. The van der Waals surface area contributed by atoms with E-state index in [2.05, 4.69) is 11.6 Å². The highest BCUT2D eigenvalue weighted by Crippen LogP contribution is 2.24. The maximum Gasteiger partial charge on any atom is 0.290 e. The summed E-state index contributed by atoms with van der Waals surface area (Å²) in [6.07, 6.45) is 1.68. The van der Waals surface area contributed by atoms with Crippen molar-refractivity contribution in [3.05, 3.63) is 66.4 Å². The zero-order chi connectivity index (χ0) is 13.4. The van der Waals surface area contributed by atoms with Crippen LogP contribution in [0.1, 0.15) is 11.1 Å². The Morgan fingerprint density at radius 3 is 2.39 bits per heavy atom. The van der Waals surface area contributed by atoms with E-state index in [0.717, 1.165) is 16.7 Å². The van der Waals surface area contributed by atoms with Crippen molar-refractivity contribution in [2.45, 2.75) is 0 Å². The average molecular weight is 242 g/mol. The molecule has 0 unspecified atom stereocenters. The monoisotopic (exact) mass is 242 g/mol. The second-order valence-electron chi connectivity index (χ2n) is 3.39. The molecule has 0 bridgehead atoms. The van der Waals surface area contributed by atoms with Gasteiger partial charge in [-0.05, 0) is 23.3 Å². The molecule has 0 amide bonds. The Labute approximate surface area is 105 Å². The maximum absolute atomic E-state index is 8.36. The van der Waals surface area contributed by atoms with Gasteiger partial charge < -0.3 is 10.8 Å². The highest BCUT2D eigenvalue weighted by atomic mass is 16.3. The Balaban J connectivity index is 0.000000492. The van der Waals surface area contributed by atoms with Crippen molar-refractivity contribution in [1.29, 1.82) is 0 Å². The molecule has 0 aliphatic heterocycles. The minimum absolute atomic E-state index is 0.250. The molecule has 0 saturated heterocycles. The van der Waals surface area contributed by atoms with Crippen LogP contribution in [-0.2, 0) is 4.79 Å². The molecule has 1 heterocycles. The van der Waals surface area contributed by atoms with Crippen molar-refractivity contribution in [2.75, 3.05) is 5.73 Å². The zero-order valence-corrected chi connectivity index (χ0v) is 9.78. The number of nitrogens with zero attached hydrogens (tertiary/aromatic N) is 1. The van der Waals surface area contributed by atoms with Crippen LogP contribution < -0.4 is 5.73 Å². The normalized spacial score (nSPS) is 8.89. The lowest BCUT2D eigenvalue weighted by Gasteiger charge is -2.07. The lowest BCUT2D eigenvalue weighted by Crippen LogP contribution is -1.96. The minimum atomic E-state index is -0.250. The highest BCUT2D eigenvalue weighted by molar-refractivity contribution is 5.82. The van der Waals surface area contributed by atoms with E-state index in [1.54, 1.807) is 6.20 Å². The van der Waals surface area contributed by atoms with Gasteiger partial charge in [0, 0.05) is 11.8 Å². The first-order valence-corrected chi connectivity index (χ1v) is 5.23. The van der Waals surface area contributed by atoms with Crippen LogP contribution in [0.4, 0.5) is 5.82 Å². The molecule has 0 aliphatic carbocycles. The summed E-state index contributed by atoms with van der Waals surface area (Å²) in [4.78, 5) is 12.4. The van der Waals surface area contributed by atoms with Gasteiger partial charge in [0.25, 0.3) is 6.47 Å². The first-order chi connectivity index (χ1) is 8.70. The fourth-order valence-electron chi connectivity index (χ4n) is 1.47. The predicted octanol–water partition coefficient (Wildman–Crippen LogP) is 2.43. The van der Waals surface area contributed by atoms with E-state index in [9.17, 15) is 0 Å². The van der Waals surface area contributed by atoms with Crippen LogP contribution in [0.3, 0.4) is 0 Å². The van der Waals surface area contributed by atoms with Gasteiger partial charge in [0.05, 0.1) is 0 Å². The Bertz CT molecular complexity index is 524. The number of hydrogen-bond acceptors (Lipinski definition) is 3. The highest BCUT2D eigenvalue weighted by Gasteiger charge is 2.05. The molecule has 0 spiro atoms. The van der Waals surface area contributed by atoms with E-state index < -0.39 is 0 Å².